The second-order valence-corrected chi connectivity index (χ2v) is 21.5. The zero-order chi connectivity index (χ0) is 51.2. The Balaban J connectivity index is 1.48. The van der Waals surface area contributed by atoms with Crippen LogP contribution in [0.4, 0.5) is 0 Å². The van der Waals surface area contributed by atoms with Crippen molar-refractivity contribution in [1.82, 2.24) is 9.80 Å². The summed E-state index contributed by atoms with van der Waals surface area (Å²) in [6, 6.07) is -0.478. The first-order valence-corrected chi connectivity index (χ1v) is 25.5. The highest BCUT2D eigenvalue weighted by Crippen LogP contribution is 2.63. The number of likely N-dealkylation sites (N-methyl/N-ethyl adjacent to an activating group) is 2. The standard InChI is InChI=1S/C51H90N2O16/c1-17-21-59-22-19-23-60-24-20-25-61-44-35(8)63-39(28-49(44,11)58-16)66-40-32(5)42(67-46-41(64-36(9)54)37(52(13)14)26-31(4)62-46)48(10,57)27-30(3)29-53(15)34(7)43-51(47(56)68-43)50(12,69-51)38(18-2)65-45(55)33(40)6/h17,30-35,37-44,46-47,56-57H,1,18-29H2,2-16H3/t30-,31-,32+,33-,34+,35+,37+,38-,39?,40+,41-,42-,43?,44+,46+,47-,48-,49-,50-,51?/m1/s1. The average Bonchev–Trinajstić information content (AvgIpc) is 3.95. The first-order valence-electron chi connectivity index (χ1n) is 25.5. The monoisotopic (exact) mass is 987 g/mol. The number of aliphatic hydroxyl groups is 2. The van der Waals surface area contributed by atoms with Gasteiger partial charge in [0.05, 0.1) is 54.2 Å². The van der Waals surface area contributed by atoms with Crippen molar-refractivity contribution < 1.29 is 76.6 Å². The minimum atomic E-state index is -1.58. The van der Waals surface area contributed by atoms with Crippen molar-refractivity contribution in [2.24, 2.45) is 17.8 Å². The molecule has 3 unspecified atom stereocenters. The lowest BCUT2D eigenvalue weighted by molar-refractivity contribution is -0.321. The number of aliphatic hydroxyl groups excluding tert-OH is 1. The van der Waals surface area contributed by atoms with Crippen molar-refractivity contribution >= 4 is 11.9 Å². The van der Waals surface area contributed by atoms with Gasteiger partial charge in [0.1, 0.15) is 23.9 Å². The van der Waals surface area contributed by atoms with Crippen LogP contribution in [0, 0.1) is 17.8 Å². The first kappa shape index (κ1) is 58.0. The molecule has 0 aromatic rings. The van der Waals surface area contributed by atoms with Crippen LogP contribution in [0.5, 0.6) is 0 Å². The van der Waals surface area contributed by atoms with Gasteiger partial charge in [-0.3, -0.25) is 9.59 Å². The van der Waals surface area contributed by atoms with Gasteiger partial charge in [0.15, 0.2) is 30.6 Å². The predicted octanol–water partition coefficient (Wildman–Crippen LogP) is 4.63. The Kier molecular flexibility index (Phi) is 20.5. The summed E-state index contributed by atoms with van der Waals surface area (Å²) in [6.45, 7) is 27.3. The molecule has 5 rings (SSSR count). The fourth-order valence-electron chi connectivity index (χ4n) is 11.7. The van der Waals surface area contributed by atoms with Crippen molar-refractivity contribution in [1.29, 1.82) is 0 Å². The lowest BCUT2D eigenvalue weighted by Gasteiger charge is -2.50. The van der Waals surface area contributed by atoms with E-state index in [-0.39, 0.29) is 36.9 Å². The van der Waals surface area contributed by atoms with Crippen LogP contribution in [0.15, 0.2) is 12.7 Å². The number of hydrogen-bond acceptors (Lipinski definition) is 18. The Morgan fingerprint density at radius 3 is 2.22 bits per heavy atom. The first-order chi connectivity index (χ1) is 32.4. The van der Waals surface area contributed by atoms with Crippen molar-refractivity contribution in [3.8, 4) is 0 Å². The molecule has 2 N–H and O–H groups in total. The molecule has 18 nitrogen and oxygen atoms in total. The minimum Gasteiger partial charge on any atom is -0.459 e. The van der Waals surface area contributed by atoms with E-state index in [9.17, 15) is 19.8 Å². The van der Waals surface area contributed by atoms with Crippen LogP contribution in [0.2, 0.25) is 0 Å². The molecule has 5 saturated heterocycles. The van der Waals surface area contributed by atoms with E-state index >= 15 is 0 Å². The van der Waals surface area contributed by atoms with E-state index in [2.05, 4.69) is 18.4 Å². The number of cyclic esters (lactones) is 1. The van der Waals surface area contributed by atoms with Crippen LogP contribution in [0.1, 0.15) is 115 Å². The summed E-state index contributed by atoms with van der Waals surface area (Å²) in [5, 5.41) is 24.2. The molecule has 0 aliphatic carbocycles. The Bertz CT molecular complexity index is 1660. The zero-order valence-corrected chi connectivity index (χ0v) is 44.5. The number of rotatable bonds is 19. The maximum absolute atomic E-state index is 14.8. The third-order valence-corrected chi connectivity index (χ3v) is 15.5. The van der Waals surface area contributed by atoms with E-state index in [0.29, 0.717) is 58.8 Å². The highest BCUT2D eigenvalue weighted by atomic mass is 16.8. The van der Waals surface area contributed by atoms with Crippen LogP contribution in [0.3, 0.4) is 0 Å². The van der Waals surface area contributed by atoms with Crippen molar-refractivity contribution in [3.63, 3.8) is 0 Å². The normalized spacial score (nSPS) is 44.6. The Morgan fingerprint density at radius 1 is 0.942 bits per heavy atom. The molecule has 1 spiro atoms. The lowest BCUT2D eigenvalue weighted by Crippen LogP contribution is -2.68. The smallest absolute Gasteiger partial charge is 0.311 e. The molecule has 400 valence electrons. The highest BCUT2D eigenvalue weighted by molar-refractivity contribution is 5.73. The van der Waals surface area contributed by atoms with E-state index in [1.165, 1.54) is 6.92 Å². The average molecular weight is 987 g/mol. The number of ether oxygens (including phenoxy) is 12. The summed E-state index contributed by atoms with van der Waals surface area (Å²) in [5.41, 5.74) is -4.57. The molecule has 69 heavy (non-hydrogen) atoms. The SMILES string of the molecule is C=CCOCCCOCCCO[C@H]1[C@H](C)OC(O[C@H]2[C@H](C)[C@@H](O[C@@H]3O[C@H](C)C[C@H](N(C)C)[C@H]3OC(C)=O)[C@](C)(O)C[C@@H](C)CN(C)[C@@H](C)C3O[C@@H](O)C34O[C@]4(C)[C@@H](CC)OC(=O)[C@@H]2C)C[C@@]1(C)OC. The number of carbonyl (C=O) groups is 2. The van der Waals surface area contributed by atoms with Gasteiger partial charge in [-0.15, -0.1) is 6.58 Å². The number of esters is 2. The van der Waals surface area contributed by atoms with Crippen molar-refractivity contribution in [3.05, 3.63) is 12.7 Å². The number of epoxide rings is 1. The summed E-state index contributed by atoms with van der Waals surface area (Å²) in [4.78, 5) is 31.7. The van der Waals surface area contributed by atoms with Crippen LogP contribution >= 0.6 is 0 Å². The Morgan fingerprint density at radius 2 is 1.61 bits per heavy atom. The molecule has 0 saturated carbocycles. The molecule has 20 atom stereocenters. The molecule has 5 heterocycles. The number of methoxy groups -OCH3 is 1. The maximum Gasteiger partial charge on any atom is 0.311 e. The second kappa shape index (κ2) is 24.4. The van der Waals surface area contributed by atoms with E-state index in [0.717, 1.165) is 6.42 Å². The predicted molar refractivity (Wildman–Crippen MR) is 255 cm³/mol. The molecule has 0 aromatic heterocycles. The fourth-order valence-corrected chi connectivity index (χ4v) is 11.7. The number of hydrogen-bond donors (Lipinski definition) is 2. The Hall–Kier alpha value is -1.88. The van der Waals surface area contributed by atoms with Crippen LogP contribution in [0.25, 0.3) is 0 Å². The summed E-state index contributed by atoms with van der Waals surface area (Å²) < 4.78 is 76.1. The molecule has 5 fully saturated rings. The van der Waals surface area contributed by atoms with E-state index < -0.39 is 108 Å². The number of nitrogens with zero attached hydrogens (tertiary/aromatic N) is 2. The highest BCUT2D eigenvalue weighted by Gasteiger charge is 2.85. The van der Waals surface area contributed by atoms with E-state index in [4.69, 9.17) is 56.8 Å². The van der Waals surface area contributed by atoms with Gasteiger partial charge in [0, 0.05) is 65.4 Å². The van der Waals surface area contributed by atoms with E-state index in [1.54, 1.807) is 27.0 Å². The largest absolute Gasteiger partial charge is 0.459 e. The van der Waals surface area contributed by atoms with E-state index in [1.807, 2.05) is 74.5 Å². The van der Waals surface area contributed by atoms with Crippen molar-refractivity contribution in [2.45, 2.75) is 217 Å². The molecular formula is C51H90N2O16. The van der Waals surface area contributed by atoms with Gasteiger partial charge in [0.25, 0.3) is 0 Å². The quantitative estimate of drug-likeness (QED) is 0.0787. The Labute approximate surface area is 412 Å². The third-order valence-electron chi connectivity index (χ3n) is 15.5. The van der Waals surface area contributed by atoms with Gasteiger partial charge in [-0.1, -0.05) is 26.8 Å². The molecule has 0 aromatic carbocycles. The van der Waals surface area contributed by atoms with Gasteiger partial charge in [-0.25, -0.2) is 0 Å². The molecule has 0 bridgehead atoms. The summed E-state index contributed by atoms with van der Waals surface area (Å²) in [6.07, 6.45) is -4.01. The number of carbonyl (C=O) groups excluding carboxylic acids is 2. The van der Waals surface area contributed by atoms with Gasteiger partial charge in [0.2, 0.25) is 0 Å². The third kappa shape index (κ3) is 13.1. The molecule has 5 aliphatic rings. The molecule has 0 radical (unpaired) electrons. The summed E-state index contributed by atoms with van der Waals surface area (Å²) >= 11 is 0. The summed E-state index contributed by atoms with van der Waals surface area (Å²) in [5.74, 6) is -2.90. The summed E-state index contributed by atoms with van der Waals surface area (Å²) in [7, 11) is 7.46. The van der Waals surface area contributed by atoms with Gasteiger partial charge >= 0.3 is 11.9 Å². The zero-order valence-electron chi connectivity index (χ0n) is 44.5. The lowest BCUT2D eigenvalue weighted by atomic mass is 9.76. The van der Waals surface area contributed by atoms with Gasteiger partial charge in [-0.2, -0.15) is 0 Å². The molecular weight excluding hydrogens is 897 g/mol. The van der Waals surface area contributed by atoms with Crippen LogP contribution in [-0.4, -0.2) is 202 Å². The van der Waals surface area contributed by atoms with Crippen molar-refractivity contribution in [2.75, 3.05) is 67.8 Å². The van der Waals surface area contributed by atoms with Gasteiger partial charge in [-0.05, 0) is 108 Å². The molecule has 0 amide bonds. The topological polar surface area (TPSA) is 195 Å². The minimum absolute atomic E-state index is 0.114. The van der Waals surface area contributed by atoms with Crippen LogP contribution in [-0.2, 0) is 66.4 Å². The van der Waals surface area contributed by atoms with Gasteiger partial charge < -0.3 is 76.9 Å². The second-order valence-electron chi connectivity index (χ2n) is 21.5. The molecule has 18 heteroatoms. The fraction of sp³-hybridized carbons (Fsp3) is 0.922. The van der Waals surface area contributed by atoms with Crippen LogP contribution < -0.4 is 0 Å². The molecule has 5 aliphatic heterocycles. The maximum atomic E-state index is 14.8.